The highest BCUT2D eigenvalue weighted by molar-refractivity contribution is 7.89. The largest absolute Gasteiger partial charge is 0.478 e. The second-order valence-electron chi connectivity index (χ2n) is 3.34. The van der Waals surface area contributed by atoms with Crippen LogP contribution in [0.15, 0.2) is 23.1 Å². The van der Waals surface area contributed by atoms with Crippen molar-refractivity contribution in [3.63, 3.8) is 0 Å². The Balaban J connectivity index is 3.02. The van der Waals surface area contributed by atoms with Gasteiger partial charge in [0.2, 0.25) is 10.0 Å². The fourth-order valence-electron chi connectivity index (χ4n) is 1.20. The number of hydrogen-bond donors (Lipinski definition) is 2. The summed E-state index contributed by atoms with van der Waals surface area (Å²) in [6, 6.07) is 3.49. The van der Waals surface area contributed by atoms with Crippen molar-refractivity contribution in [2.24, 2.45) is 0 Å². The molecule has 0 radical (unpaired) electrons. The first-order chi connectivity index (χ1) is 8.38. The van der Waals surface area contributed by atoms with Gasteiger partial charge in [-0.25, -0.2) is 17.9 Å². The van der Waals surface area contributed by atoms with Gasteiger partial charge in [0.1, 0.15) is 0 Å². The van der Waals surface area contributed by atoms with E-state index in [1.807, 2.05) is 0 Å². The summed E-state index contributed by atoms with van der Waals surface area (Å²) in [5, 5.41) is 8.83. The molecular weight excluding hydrogens is 282 g/mol. The van der Waals surface area contributed by atoms with E-state index in [-0.39, 0.29) is 28.6 Å². The summed E-state index contributed by atoms with van der Waals surface area (Å²) >= 11 is 5.65. The van der Waals surface area contributed by atoms with E-state index >= 15 is 0 Å². The highest BCUT2D eigenvalue weighted by Gasteiger charge is 2.17. The van der Waals surface area contributed by atoms with E-state index in [0.29, 0.717) is 0 Å². The summed E-state index contributed by atoms with van der Waals surface area (Å²) in [7, 11) is -2.31. The lowest BCUT2D eigenvalue weighted by Crippen LogP contribution is -2.27. The molecule has 6 nitrogen and oxygen atoms in total. The maximum atomic E-state index is 11.8. The second-order valence-corrected chi connectivity index (χ2v) is 5.51. The standard InChI is InChI=1S/C10H12ClNO5S/c1-17-5-4-12-18(15,16)7-2-3-9(11)8(6-7)10(13)14/h2-3,6,12H,4-5H2,1H3,(H,13,14). The predicted molar refractivity (Wildman–Crippen MR) is 65.5 cm³/mol. The molecule has 0 aliphatic carbocycles. The van der Waals surface area contributed by atoms with Gasteiger partial charge in [0.05, 0.1) is 22.1 Å². The maximum Gasteiger partial charge on any atom is 0.337 e. The van der Waals surface area contributed by atoms with Crippen LogP contribution in [0.25, 0.3) is 0 Å². The molecule has 0 aromatic heterocycles. The fraction of sp³-hybridized carbons (Fsp3) is 0.300. The van der Waals surface area contributed by atoms with E-state index < -0.39 is 16.0 Å². The van der Waals surface area contributed by atoms with Crippen LogP contribution in [-0.2, 0) is 14.8 Å². The summed E-state index contributed by atoms with van der Waals surface area (Å²) in [6.07, 6.45) is 0. The average Bonchev–Trinajstić information content (AvgIpc) is 2.29. The van der Waals surface area contributed by atoms with Crippen molar-refractivity contribution >= 4 is 27.6 Å². The minimum absolute atomic E-state index is 0.0154. The summed E-state index contributed by atoms with van der Waals surface area (Å²) < 4.78 is 30.6. The molecule has 0 aliphatic rings. The minimum Gasteiger partial charge on any atom is -0.478 e. The summed E-state index contributed by atoms with van der Waals surface area (Å²) in [5.41, 5.74) is -0.258. The molecule has 0 unspecified atom stereocenters. The molecule has 8 heteroatoms. The molecule has 0 saturated carbocycles. The number of carboxylic acid groups (broad SMARTS) is 1. The molecule has 0 aliphatic heterocycles. The lowest BCUT2D eigenvalue weighted by molar-refractivity contribution is 0.0697. The molecule has 0 heterocycles. The Morgan fingerprint density at radius 2 is 2.17 bits per heavy atom. The molecular formula is C10H12ClNO5S. The van der Waals surface area contributed by atoms with Crippen LogP contribution in [0.4, 0.5) is 0 Å². The molecule has 2 N–H and O–H groups in total. The lowest BCUT2D eigenvalue weighted by Gasteiger charge is -2.07. The van der Waals surface area contributed by atoms with Crippen LogP contribution in [-0.4, -0.2) is 39.8 Å². The molecule has 0 bridgehead atoms. The monoisotopic (exact) mass is 293 g/mol. The van der Waals surface area contributed by atoms with E-state index in [0.717, 1.165) is 6.07 Å². The lowest BCUT2D eigenvalue weighted by atomic mass is 10.2. The predicted octanol–water partition coefficient (Wildman–Crippen LogP) is 0.963. The van der Waals surface area contributed by atoms with Gasteiger partial charge in [-0.2, -0.15) is 0 Å². The number of rotatable bonds is 6. The van der Waals surface area contributed by atoms with Crippen molar-refractivity contribution in [1.82, 2.24) is 4.72 Å². The van der Waals surface area contributed by atoms with Crippen molar-refractivity contribution < 1.29 is 23.1 Å². The van der Waals surface area contributed by atoms with Gasteiger partial charge in [-0.05, 0) is 18.2 Å². The number of ether oxygens (including phenoxy) is 1. The van der Waals surface area contributed by atoms with Gasteiger partial charge >= 0.3 is 5.97 Å². The number of hydrogen-bond acceptors (Lipinski definition) is 4. The van der Waals surface area contributed by atoms with Crippen molar-refractivity contribution in [2.45, 2.75) is 4.90 Å². The highest BCUT2D eigenvalue weighted by Crippen LogP contribution is 2.20. The number of methoxy groups -OCH3 is 1. The quantitative estimate of drug-likeness (QED) is 0.762. The fourth-order valence-corrected chi connectivity index (χ4v) is 2.43. The third-order valence-corrected chi connectivity index (χ3v) is 3.87. The summed E-state index contributed by atoms with van der Waals surface area (Å²) in [4.78, 5) is 10.7. The van der Waals surface area contributed by atoms with E-state index in [1.165, 1.54) is 19.2 Å². The Labute approximate surface area is 110 Å². The third kappa shape index (κ3) is 3.67. The summed E-state index contributed by atoms with van der Waals surface area (Å²) in [6.45, 7) is 0.322. The van der Waals surface area contributed by atoms with E-state index in [4.69, 9.17) is 21.4 Å². The normalized spacial score (nSPS) is 11.4. The first-order valence-electron chi connectivity index (χ1n) is 4.90. The molecule has 0 saturated heterocycles. The van der Waals surface area contributed by atoms with Crippen LogP contribution in [0.5, 0.6) is 0 Å². The zero-order valence-electron chi connectivity index (χ0n) is 9.51. The van der Waals surface area contributed by atoms with Gasteiger partial charge in [-0.3, -0.25) is 0 Å². The maximum absolute atomic E-state index is 11.8. The van der Waals surface area contributed by atoms with E-state index in [1.54, 1.807) is 0 Å². The summed E-state index contributed by atoms with van der Waals surface area (Å²) in [5.74, 6) is -1.28. The first-order valence-corrected chi connectivity index (χ1v) is 6.76. The average molecular weight is 294 g/mol. The van der Waals surface area contributed by atoms with Crippen molar-refractivity contribution in [3.8, 4) is 0 Å². The van der Waals surface area contributed by atoms with Crippen molar-refractivity contribution in [1.29, 1.82) is 0 Å². The molecule has 0 amide bonds. The van der Waals surface area contributed by atoms with Gasteiger partial charge in [-0.15, -0.1) is 0 Å². The van der Waals surface area contributed by atoms with Crippen LogP contribution in [0.1, 0.15) is 10.4 Å². The van der Waals surface area contributed by atoms with Crippen LogP contribution >= 0.6 is 11.6 Å². The van der Waals surface area contributed by atoms with E-state index in [2.05, 4.69) is 4.72 Å². The number of sulfonamides is 1. The molecule has 0 atom stereocenters. The molecule has 0 spiro atoms. The first kappa shape index (κ1) is 14.9. The SMILES string of the molecule is COCCNS(=O)(=O)c1ccc(Cl)c(C(=O)O)c1. The number of carboxylic acids is 1. The number of carbonyl (C=O) groups is 1. The smallest absolute Gasteiger partial charge is 0.337 e. The number of halogens is 1. The van der Waals surface area contributed by atoms with Crippen LogP contribution in [0, 0.1) is 0 Å². The molecule has 1 aromatic rings. The molecule has 0 fully saturated rings. The second kappa shape index (κ2) is 6.14. The molecule has 1 rings (SSSR count). The molecule has 1 aromatic carbocycles. The van der Waals surface area contributed by atoms with Crippen LogP contribution in [0.3, 0.4) is 0 Å². The van der Waals surface area contributed by atoms with Gasteiger partial charge in [0.25, 0.3) is 0 Å². The Hall–Kier alpha value is -1.15. The van der Waals surface area contributed by atoms with Crippen LogP contribution < -0.4 is 4.72 Å². The van der Waals surface area contributed by atoms with Gasteiger partial charge in [-0.1, -0.05) is 11.6 Å². The van der Waals surface area contributed by atoms with Gasteiger partial charge < -0.3 is 9.84 Å². The topological polar surface area (TPSA) is 92.7 Å². The van der Waals surface area contributed by atoms with Gasteiger partial charge in [0.15, 0.2) is 0 Å². The van der Waals surface area contributed by atoms with Crippen molar-refractivity contribution in [2.75, 3.05) is 20.3 Å². The Morgan fingerprint density at radius 3 is 2.72 bits per heavy atom. The Kier molecular flexibility index (Phi) is 5.09. The molecule has 18 heavy (non-hydrogen) atoms. The zero-order valence-corrected chi connectivity index (χ0v) is 11.1. The minimum atomic E-state index is -3.76. The van der Waals surface area contributed by atoms with E-state index in [9.17, 15) is 13.2 Å². The molecule has 100 valence electrons. The number of benzene rings is 1. The van der Waals surface area contributed by atoms with Crippen LogP contribution in [0.2, 0.25) is 5.02 Å². The Morgan fingerprint density at radius 1 is 1.50 bits per heavy atom. The van der Waals surface area contributed by atoms with Gasteiger partial charge in [0, 0.05) is 13.7 Å². The zero-order chi connectivity index (χ0) is 13.8. The highest BCUT2D eigenvalue weighted by atomic mass is 35.5. The Bertz CT molecular complexity index is 543. The number of nitrogens with one attached hydrogen (secondary N) is 1. The third-order valence-electron chi connectivity index (χ3n) is 2.08. The number of aromatic carboxylic acids is 1. The van der Waals surface area contributed by atoms with Crippen molar-refractivity contribution in [3.05, 3.63) is 28.8 Å².